The van der Waals surface area contributed by atoms with Crippen LogP contribution in [-0.2, 0) is 0 Å². The molecule has 1 aliphatic rings. The van der Waals surface area contributed by atoms with E-state index < -0.39 is 5.60 Å². The molecule has 0 aromatic rings. The first-order valence-electron chi connectivity index (χ1n) is 3.88. The van der Waals surface area contributed by atoms with Crippen molar-refractivity contribution in [1.82, 2.24) is 4.90 Å². The summed E-state index contributed by atoms with van der Waals surface area (Å²) in [6.07, 6.45) is 7.68. The third-order valence-corrected chi connectivity index (χ3v) is 2.23. The number of rotatable bonds is 2. The molecule has 1 fully saturated rings. The molecule has 66 valence electrons. The quantitative estimate of drug-likeness (QED) is 0.644. The van der Waals surface area contributed by atoms with E-state index in [2.05, 4.69) is 10.8 Å². The Morgan fingerprint density at radius 1 is 1.75 bits per heavy atom. The minimum atomic E-state index is -0.917. The summed E-state index contributed by atoms with van der Waals surface area (Å²) in [5, 5.41) is 9.63. The van der Waals surface area contributed by atoms with Crippen LogP contribution in [0.2, 0.25) is 0 Å². The van der Waals surface area contributed by atoms with Gasteiger partial charge < -0.3 is 5.11 Å². The van der Waals surface area contributed by atoms with Crippen LogP contribution in [0.3, 0.4) is 0 Å². The van der Waals surface area contributed by atoms with Crippen LogP contribution in [0.5, 0.6) is 0 Å². The second-order valence-electron chi connectivity index (χ2n) is 3.02. The fourth-order valence-electron chi connectivity index (χ4n) is 1.33. The maximum Gasteiger partial charge on any atom is 0.139 e. The molecule has 0 bridgehead atoms. The fraction of sp³-hybridized carbons (Fsp3) is 0.556. The number of hydrogen-bond donors (Lipinski definition) is 1. The van der Waals surface area contributed by atoms with Gasteiger partial charge in [0.2, 0.25) is 0 Å². The van der Waals surface area contributed by atoms with E-state index >= 15 is 0 Å². The van der Waals surface area contributed by atoms with Gasteiger partial charge in [-0.1, -0.05) is 23.6 Å². The molecule has 0 aliphatic carbocycles. The van der Waals surface area contributed by atoms with Gasteiger partial charge in [-0.05, 0) is 0 Å². The lowest BCUT2D eigenvalue weighted by atomic mass is 10.1. The van der Waals surface area contributed by atoms with E-state index in [4.69, 9.17) is 18.0 Å². The minimum absolute atomic E-state index is 0.546. The second kappa shape index (κ2) is 3.95. The van der Waals surface area contributed by atoms with E-state index in [-0.39, 0.29) is 0 Å². The van der Waals surface area contributed by atoms with E-state index in [9.17, 15) is 5.11 Å². The van der Waals surface area contributed by atoms with Gasteiger partial charge in [0.15, 0.2) is 0 Å². The van der Waals surface area contributed by atoms with Gasteiger partial charge in [0.05, 0.1) is 0 Å². The van der Waals surface area contributed by atoms with Gasteiger partial charge in [-0.15, -0.1) is 6.42 Å². The summed E-state index contributed by atoms with van der Waals surface area (Å²) in [5.41, 5.74) is 0.563. The Balaban J connectivity index is 2.41. The molecular formula is C9H12ClNO. The minimum Gasteiger partial charge on any atom is -0.376 e. The first-order chi connectivity index (χ1) is 5.70. The monoisotopic (exact) mass is 185 g/mol. The number of β-amino-alcohol motifs (C(OH)–C–C–N with tert-alkyl or cyclic N) is 1. The van der Waals surface area contributed by atoms with E-state index in [1.54, 1.807) is 0 Å². The largest absolute Gasteiger partial charge is 0.376 e. The zero-order valence-corrected chi connectivity index (χ0v) is 7.59. The number of aliphatic hydroxyl groups is 1. The van der Waals surface area contributed by atoms with Crippen molar-refractivity contribution in [3.05, 3.63) is 11.6 Å². The first kappa shape index (κ1) is 9.60. The summed E-state index contributed by atoms with van der Waals surface area (Å²) in [7, 11) is 0. The molecule has 0 radical (unpaired) electrons. The molecule has 1 atom stereocenters. The standard InChI is InChI=1S/C9H12ClNO/c1-2-9(12)4-7-11(8-9)6-3-5-10/h1,3,5,12H,4,6-8H2/b5-3+. The molecule has 0 spiro atoms. The van der Waals surface area contributed by atoms with Gasteiger partial charge in [-0.25, -0.2) is 0 Å². The van der Waals surface area contributed by atoms with Crippen LogP contribution in [-0.4, -0.2) is 35.2 Å². The summed E-state index contributed by atoms with van der Waals surface area (Å²) in [4.78, 5) is 2.07. The maximum absolute atomic E-state index is 9.63. The molecule has 0 saturated carbocycles. The van der Waals surface area contributed by atoms with E-state index in [1.165, 1.54) is 5.54 Å². The Hall–Kier alpha value is -0.490. The average molecular weight is 186 g/mol. The van der Waals surface area contributed by atoms with Gasteiger partial charge in [0.1, 0.15) is 5.60 Å². The molecule has 3 heteroatoms. The molecule has 1 saturated heterocycles. The van der Waals surface area contributed by atoms with Gasteiger partial charge in [-0.2, -0.15) is 0 Å². The van der Waals surface area contributed by atoms with Crippen molar-refractivity contribution in [2.45, 2.75) is 12.0 Å². The van der Waals surface area contributed by atoms with Gasteiger partial charge in [0, 0.05) is 31.6 Å². The first-order valence-corrected chi connectivity index (χ1v) is 4.31. The van der Waals surface area contributed by atoms with Crippen LogP contribution >= 0.6 is 11.6 Å². The molecule has 1 heterocycles. The van der Waals surface area contributed by atoms with Crippen LogP contribution in [0, 0.1) is 12.3 Å². The summed E-state index contributed by atoms with van der Waals surface area (Å²) < 4.78 is 0. The van der Waals surface area contributed by atoms with Crippen molar-refractivity contribution in [2.24, 2.45) is 0 Å². The number of halogens is 1. The Labute approximate surface area is 77.8 Å². The van der Waals surface area contributed by atoms with Crippen LogP contribution in [0.25, 0.3) is 0 Å². The predicted octanol–water partition coefficient (Wildman–Crippen LogP) is 0.809. The van der Waals surface area contributed by atoms with Crippen molar-refractivity contribution >= 4 is 11.6 Å². The van der Waals surface area contributed by atoms with Crippen molar-refractivity contribution in [2.75, 3.05) is 19.6 Å². The highest BCUT2D eigenvalue weighted by Crippen LogP contribution is 2.19. The number of nitrogens with zero attached hydrogens (tertiary/aromatic N) is 1. The zero-order chi connectivity index (χ0) is 9.03. The van der Waals surface area contributed by atoms with Crippen LogP contribution in [0.4, 0.5) is 0 Å². The summed E-state index contributed by atoms with van der Waals surface area (Å²) in [6.45, 7) is 2.14. The molecule has 0 aromatic carbocycles. The van der Waals surface area contributed by atoms with E-state index in [0.717, 1.165) is 13.1 Å². The number of terminal acetylenes is 1. The normalized spacial score (nSPS) is 31.1. The van der Waals surface area contributed by atoms with Gasteiger partial charge >= 0.3 is 0 Å². The molecule has 1 N–H and O–H groups in total. The SMILES string of the molecule is C#CC1(O)CCN(C/C=C/Cl)C1. The highest BCUT2D eigenvalue weighted by atomic mass is 35.5. The summed E-state index contributed by atoms with van der Waals surface area (Å²) >= 11 is 5.37. The molecule has 2 nitrogen and oxygen atoms in total. The van der Waals surface area contributed by atoms with Crippen molar-refractivity contribution < 1.29 is 5.11 Å². The zero-order valence-electron chi connectivity index (χ0n) is 6.83. The third kappa shape index (κ3) is 2.25. The van der Waals surface area contributed by atoms with E-state index in [1.807, 2.05) is 6.08 Å². The Kier molecular flexibility index (Phi) is 3.16. The lowest BCUT2D eigenvalue weighted by Crippen LogP contribution is -2.31. The third-order valence-electron chi connectivity index (χ3n) is 2.05. The lowest BCUT2D eigenvalue weighted by Gasteiger charge is -2.16. The number of likely N-dealkylation sites (tertiary alicyclic amines) is 1. The lowest BCUT2D eigenvalue weighted by molar-refractivity contribution is 0.110. The molecule has 0 aromatic heterocycles. The maximum atomic E-state index is 9.63. The van der Waals surface area contributed by atoms with Crippen LogP contribution < -0.4 is 0 Å². The summed E-state index contributed by atoms with van der Waals surface area (Å²) in [5.74, 6) is 2.40. The summed E-state index contributed by atoms with van der Waals surface area (Å²) in [6, 6.07) is 0. The topological polar surface area (TPSA) is 23.5 Å². The second-order valence-corrected chi connectivity index (χ2v) is 3.27. The molecular weight excluding hydrogens is 174 g/mol. The molecule has 0 amide bonds. The predicted molar refractivity (Wildman–Crippen MR) is 49.8 cm³/mol. The van der Waals surface area contributed by atoms with E-state index in [0.29, 0.717) is 13.0 Å². The van der Waals surface area contributed by atoms with Crippen molar-refractivity contribution in [3.8, 4) is 12.3 Å². The Morgan fingerprint density at radius 2 is 2.50 bits per heavy atom. The molecule has 1 rings (SSSR count). The average Bonchev–Trinajstić information content (AvgIpc) is 2.45. The highest BCUT2D eigenvalue weighted by Gasteiger charge is 2.33. The molecule has 1 unspecified atom stereocenters. The highest BCUT2D eigenvalue weighted by molar-refractivity contribution is 6.25. The Bertz CT molecular complexity index is 221. The fourth-order valence-corrected chi connectivity index (χ4v) is 1.41. The Morgan fingerprint density at radius 3 is 3.00 bits per heavy atom. The van der Waals surface area contributed by atoms with Crippen molar-refractivity contribution in [3.63, 3.8) is 0 Å². The van der Waals surface area contributed by atoms with Gasteiger partial charge in [-0.3, -0.25) is 4.90 Å². The van der Waals surface area contributed by atoms with Crippen LogP contribution in [0.15, 0.2) is 11.6 Å². The molecule has 1 aliphatic heterocycles. The molecule has 12 heavy (non-hydrogen) atoms. The smallest absolute Gasteiger partial charge is 0.139 e. The van der Waals surface area contributed by atoms with Crippen LogP contribution in [0.1, 0.15) is 6.42 Å². The van der Waals surface area contributed by atoms with Crippen molar-refractivity contribution in [1.29, 1.82) is 0 Å². The number of hydrogen-bond acceptors (Lipinski definition) is 2. The van der Waals surface area contributed by atoms with Gasteiger partial charge in [0.25, 0.3) is 0 Å².